The first-order valence-corrected chi connectivity index (χ1v) is 6.09. The number of aliphatic hydroxyl groups excluding tert-OH is 1. The lowest BCUT2D eigenvalue weighted by atomic mass is 10.1. The average Bonchev–Trinajstić information content (AvgIpc) is 2.43. The van der Waals surface area contributed by atoms with Gasteiger partial charge in [-0.05, 0) is 24.1 Å². The van der Waals surface area contributed by atoms with Crippen LogP contribution in [0.5, 0.6) is 0 Å². The molecule has 0 saturated heterocycles. The van der Waals surface area contributed by atoms with Crippen molar-refractivity contribution in [2.75, 3.05) is 0 Å². The lowest BCUT2D eigenvalue weighted by Gasteiger charge is -2.11. The van der Waals surface area contributed by atoms with Crippen molar-refractivity contribution in [3.8, 4) is 0 Å². The van der Waals surface area contributed by atoms with Gasteiger partial charge in [0.15, 0.2) is 0 Å². The van der Waals surface area contributed by atoms with E-state index < -0.39 is 6.04 Å². The number of hydrogen-bond acceptors (Lipinski definition) is 3. The number of unbranched alkanes of at least 4 members (excludes halogenated alkanes) is 1. The molecule has 0 saturated carbocycles. The van der Waals surface area contributed by atoms with Gasteiger partial charge in [-0.25, -0.2) is 0 Å². The van der Waals surface area contributed by atoms with Crippen LogP contribution in [0.25, 0.3) is 0 Å². The van der Waals surface area contributed by atoms with Gasteiger partial charge in [0, 0.05) is 5.56 Å². The smallest absolute Gasteiger partial charge is 0.251 e. The van der Waals surface area contributed by atoms with Crippen LogP contribution in [0.2, 0.25) is 0 Å². The maximum Gasteiger partial charge on any atom is 0.251 e. The highest BCUT2D eigenvalue weighted by Crippen LogP contribution is 2.05. The Kier molecular flexibility index (Phi) is 6.08. The van der Waals surface area contributed by atoms with Crippen molar-refractivity contribution in [3.63, 3.8) is 0 Å². The molecule has 1 aromatic rings. The van der Waals surface area contributed by atoms with Gasteiger partial charge in [0.05, 0.1) is 12.6 Å². The minimum absolute atomic E-state index is 0.0524. The van der Waals surface area contributed by atoms with E-state index in [9.17, 15) is 9.59 Å². The van der Waals surface area contributed by atoms with Crippen molar-refractivity contribution in [1.82, 2.24) is 5.32 Å². The third kappa shape index (κ3) is 4.30. The number of carbonyl (C=O) groups excluding carboxylic acids is 2. The van der Waals surface area contributed by atoms with Gasteiger partial charge < -0.3 is 10.4 Å². The molecule has 0 spiro atoms. The first-order valence-electron chi connectivity index (χ1n) is 6.09. The van der Waals surface area contributed by atoms with Crippen LogP contribution < -0.4 is 5.32 Å². The number of nitrogens with one attached hydrogen (secondary N) is 1. The van der Waals surface area contributed by atoms with Gasteiger partial charge >= 0.3 is 0 Å². The largest absolute Gasteiger partial charge is 0.392 e. The Labute approximate surface area is 107 Å². The zero-order chi connectivity index (χ0) is 13.4. The molecule has 1 rings (SSSR count). The fraction of sp³-hybridized carbons (Fsp3) is 0.429. The van der Waals surface area contributed by atoms with E-state index >= 15 is 0 Å². The molecular weight excluding hydrogens is 230 g/mol. The van der Waals surface area contributed by atoms with Crippen molar-refractivity contribution in [2.45, 2.75) is 38.8 Å². The Morgan fingerprint density at radius 2 is 2.06 bits per heavy atom. The Morgan fingerprint density at radius 3 is 2.56 bits per heavy atom. The molecule has 97 valence electrons. The number of amides is 1. The van der Waals surface area contributed by atoms with Crippen molar-refractivity contribution >= 4 is 12.2 Å². The fourth-order valence-electron chi connectivity index (χ4n) is 1.57. The predicted molar refractivity (Wildman–Crippen MR) is 68.8 cm³/mol. The quantitative estimate of drug-likeness (QED) is 0.770. The van der Waals surface area contributed by atoms with E-state index in [1.165, 1.54) is 0 Å². The normalized spacial score (nSPS) is 11.9. The lowest BCUT2D eigenvalue weighted by molar-refractivity contribution is 0.0944. The highest BCUT2D eigenvalue weighted by molar-refractivity contribution is 5.95. The van der Waals surface area contributed by atoms with Crippen molar-refractivity contribution < 1.29 is 14.7 Å². The minimum Gasteiger partial charge on any atom is -0.392 e. The molecule has 0 aliphatic carbocycles. The first-order chi connectivity index (χ1) is 8.71. The number of rotatable bonds is 7. The third-order valence-corrected chi connectivity index (χ3v) is 2.69. The van der Waals surface area contributed by atoms with Crippen molar-refractivity contribution in [3.05, 3.63) is 35.4 Å². The molecular formula is C14H18NO3. The summed E-state index contributed by atoms with van der Waals surface area (Å²) in [4.78, 5) is 22.5. The molecule has 0 bridgehead atoms. The lowest BCUT2D eigenvalue weighted by Crippen LogP contribution is -2.35. The SMILES string of the molecule is CCCCC([C]=O)NC(=O)c1ccc(CO)cc1. The van der Waals surface area contributed by atoms with Gasteiger partial charge in [-0.15, -0.1) is 0 Å². The van der Waals surface area contributed by atoms with Crippen LogP contribution in [0.4, 0.5) is 0 Å². The van der Waals surface area contributed by atoms with Gasteiger partial charge in [0.25, 0.3) is 5.91 Å². The van der Waals surface area contributed by atoms with Gasteiger partial charge in [0.2, 0.25) is 6.29 Å². The molecule has 0 aliphatic rings. The van der Waals surface area contributed by atoms with E-state index in [0.717, 1.165) is 18.4 Å². The second kappa shape index (κ2) is 7.61. The number of hydrogen-bond donors (Lipinski definition) is 2. The summed E-state index contributed by atoms with van der Waals surface area (Å²) in [5.74, 6) is -0.288. The summed E-state index contributed by atoms with van der Waals surface area (Å²) in [6.45, 7) is 1.97. The second-order valence-electron chi connectivity index (χ2n) is 4.14. The maximum absolute atomic E-state index is 11.8. The predicted octanol–water partition coefficient (Wildman–Crippen LogP) is 1.58. The Balaban J connectivity index is 2.59. The molecule has 0 heterocycles. The van der Waals surface area contributed by atoms with E-state index in [1.807, 2.05) is 13.2 Å². The summed E-state index contributed by atoms with van der Waals surface area (Å²) in [6.07, 6.45) is 4.30. The fourth-order valence-corrected chi connectivity index (χ4v) is 1.57. The summed E-state index contributed by atoms with van der Waals surface area (Å²) in [6, 6.07) is 6.07. The highest BCUT2D eigenvalue weighted by atomic mass is 16.3. The monoisotopic (exact) mass is 248 g/mol. The summed E-state index contributed by atoms with van der Waals surface area (Å²) < 4.78 is 0. The molecule has 4 nitrogen and oxygen atoms in total. The van der Waals surface area contributed by atoms with Crippen molar-refractivity contribution in [1.29, 1.82) is 0 Å². The van der Waals surface area contributed by atoms with Gasteiger partial charge in [0.1, 0.15) is 0 Å². The van der Waals surface area contributed by atoms with Crippen LogP contribution in [0, 0.1) is 0 Å². The molecule has 1 aromatic carbocycles. The van der Waals surface area contributed by atoms with Crippen LogP contribution in [-0.2, 0) is 11.4 Å². The van der Waals surface area contributed by atoms with E-state index in [1.54, 1.807) is 24.3 Å². The maximum atomic E-state index is 11.8. The number of aliphatic hydroxyl groups is 1. The summed E-state index contributed by atoms with van der Waals surface area (Å²) in [7, 11) is 0. The standard InChI is InChI=1S/C14H18NO3/c1-2-3-4-13(10-17)15-14(18)12-7-5-11(9-16)6-8-12/h5-8,13,16H,2-4,9H2,1H3,(H,15,18). The highest BCUT2D eigenvalue weighted by Gasteiger charge is 2.13. The van der Waals surface area contributed by atoms with Crippen LogP contribution >= 0.6 is 0 Å². The van der Waals surface area contributed by atoms with Crippen LogP contribution in [-0.4, -0.2) is 23.3 Å². The third-order valence-electron chi connectivity index (χ3n) is 2.69. The zero-order valence-electron chi connectivity index (χ0n) is 10.5. The molecule has 1 atom stereocenters. The first kappa shape index (κ1) is 14.4. The van der Waals surface area contributed by atoms with Gasteiger partial charge in [-0.3, -0.25) is 9.59 Å². The minimum atomic E-state index is -0.546. The summed E-state index contributed by atoms with van der Waals surface area (Å²) in [5, 5.41) is 11.5. The molecule has 0 aromatic heterocycles. The summed E-state index contributed by atoms with van der Waals surface area (Å²) >= 11 is 0. The molecule has 2 N–H and O–H groups in total. The molecule has 1 radical (unpaired) electrons. The Hall–Kier alpha value is -1.68. The van der Waals surface area contributed by atoms with E-state index in [-0.39, 0.29) is 12.5 Å². The van der Waals surface area contributed by atoms with Crippen molar-refractivity contribution in [2.24, 2.45) is 0 Å². The van der Waals surface area contributed by atoms with Gasteiger partial charge in [-0.1, -0.05) is 31.9 Å². The molecule has 0 fully saturated rings. The Bertz CT molecular complexity index is 387. The number of carbonyl (C=O) groups is 1. The Morgan fingerprint density at radius 1 is 1.39 bits per heavy atom. The van der Waals surface area contributed by atoms with E-state index in [0.29, 0.717) is 12.0 Å². The molecule has 0 aliphatic heterocycles. The topological polar surface area (TPSA) is 66.4 Å². The van der Waals surface area contributed by atoms with Crippen LogP contribution in [0.15, 0.2) is 24.3 Å². The summed E-state index contributed by atoms with van der Waals surface area (Å²) in [5.41, 5.74) is 1.22. The molecule has 1 unspecified atom stereocenters. The van der Waals surface area contributed by atoms with E-state index in [4.69, 9.17) is 5.11 Å². The number of benzene rings is 1. The zero-order valence-corrected chi connectivity index (χ0v) is 10.5. The van der Waals surface area contributed by atoms with E-state index in [2.05, 4.69) is 5.32 Å². The molecule has 1 amide bonds. The van der Waals surface area contributed by atoms with Gasteiger partial charge in [-0.2, -0.15) is 0 Å². The average molecular weight is 248 g/mol. The van der Waals surface area contributed by atoms with Crippen LogP contribution in [0.1, 0.15) is 42.1 Å². The second-order valence-corrected chi connectivity index (χ2v) is 4.14. The molecule has 4 heteroatoms. The van der Waals surface area contributed by atoms with Crippen LogP contribution in [0.3, 0.4) is 0 Å². The molecule has 18 heavy (non-hydrogen) atoms.